The van der Waals surface area contributed by atoms with E-state index in [1.54, 1.807) is 4.68 Å². The Bertz CT molecular complexity index is 444. The zero-order valence-corrected chi connectivity index (χ0v) is 13.5. The lowest BCUT2D eigenvalue weighted by molar-refractivity contribution is 0.207. The Labute approximate surface area is 125 Å². The molecule has 1 heterocycles. The first-order chi connectivity index (χ1) is 8.97. The van der Waals surface area contributed by atoms with Crippen LogP contribution in [-0.2, 0) is 13.6 Å². The van der Waals surface area contributed by atoms with Gasteiger partial charge in [0.1, 0.15) is 5.15 Å². The van der Waals surface area contributed by atoms with E-state index in [4.69, 9.17) is 23.2 Å². The first-order valence-electron chi connectivity index (χ1n) is 6.96. The van der Waals surface area contributed by atoms with Crippen LogP contribution in [0, 0.1) is 12.8 Å². The summed E-state index contributed by atoms with van der Waals surface area (Å²) in [6.07, 6.45) is 4.86. The second-order valence-corrected chi connectivity index (χ2v) is 6.57. The molecule has 0 aromatic carbocycles. The maximum atomic E-state index is 6.28. The Hall–Kier alpha value is -0.250. The Balaban J connectivity index is 2.07. The molecule has 108 valence electrons. The smallest absolute Gasteiger partial charge is 0.131 e. The van der Waals surface area contributed by atoms with Crippen LogP contribution >= 0.6 is 23.2 Å². The van der Waals surface area contributed by atoms with Gasteiger partial charge in [0.15, 0.2) is 0 Å². The molecular formula is C14H23Cl2N3. The molecule has 2 unspecified atom stereocenters. The average molecular weight is 304 g/mol. The number of alkyl halides is 1. The average Bonchev–Trinajstić information content (AvgIpc) is 2.61. The molecule has 1 aliphatic rings. The van der Waals surface area contributed by atoms with E-state index in [0.717, 1.165) is 41.7 Å². The third-order valence-corrected chi connectivity index (χ3v) is 5.24. The van der Waals surface area contributed by atoms with Gasteiger partial charge in [0.25, 0.3) is 0 Å². The van der Waals surface area contributed by atoms with Gasteiger partial charge in [-0.05, 0) is 25.7 Å². The molecular weight excluding hydrogens is 281 g/mol. The van der Waals surface area contributed by atoms with Crippen LogP contribution in [0.5, 0.6) is 0 Å². The molecule has 0 amide bonds. The summed E-state index contributed by atoms with van der Waals surface area (Å²) in [4.78, 5) is 0. The van der Waals surface area contributed by atoms with Gasteiger partial charge < -0.3 is 5.32 Å². The van der Waals surface area contributed by atoms with Gasteiger partial charge in [-0.1, -0.05) is 31.4 Å². The molecule has 0 aliphatic heterocycles. The molecule has 1 aliphatic carbocycles. The van der Waals surface area contributed by atoms with Crippen molar-refractivity contribution in [1.82, 2.24) is 15.1 Å². The molecule has 2 rings (SSSR count). The summed E-state index contributed by atoms with van der Waals surface area (Å²) in [6, 6.07) is 0. The third kappa shape index (κ3) is 3.26. The highest BCUT2D eigenvalue weighted by atomic mass is 35.5. The largest absolute Gasteiger partial charge is 0.306 e. The van der Waals surface area contributed by atoms with E-state index in [-0.39, 0.29) is 5.54 Å². The molecule has 1 saturated carbocycles. The van der Waals surface area contributed by atoms with Crippen molar-refractivity contribution in [1.29, 1.82) is 0 Å². The minimum absolute atomic E-state index is 0.0603. The SMILES string of the molecule is Cc1nn(C)c(Cl)c1CNC1(CCl)CCCC(C)C1. The normalized spacial score (nSPS) is 27.7. The highest BCUT2D eigenvalue weighted by Crippen LogP contribution is 2.34. The summed E-state index contributed by atoms with van der Waals surface area (Å²) in [5.41, 5.74) is 2.14. The molecule has 0 saturated heterocycles. The van der Waals surface area contributed by atoms with Crippen molar-refractivity contribution >= 4 is 23.2 Å². The summed E-state index contributed by atoms with van der Waals surface area (Å²) in [7, 11) is 1.87. The molecule has 0 spiro atoms. The van der Waals surface area contributed by atoms with Crippen molar-refractivity contribution in [2.24, 2.45) is 13.0 Å². The van der Waals surface area contributed by atoms with E-state index < -0.39 is 0 Å². The van der Waals surface area contributed by atoms with E-state index in [1.165, 1.54) is 12.8 Å². The van der Waals surface area contributed by atoms with E-state index in [0.29, 0.717) is 5.88 Å². The maximum absolute atomic E-state index is 6.28. The zero-order chi connectivity index (χ0) is 14.0. The lowest BCUT2D eigenvalue weighted by Crippen LogP contribution is -2.49. The molecule has 3 nitrogen and oxygen atoms in total. The quantitative estimate of drug-likeness (QED) is 0.860. The lowest BCUT2D eigenvalue weighted by Gasteiger charge is -2.39. The number of rotatable bonds is 4. The van der Waals surface area contributed by atoms with Gasteiger partial charge in [0, 0.05) is 30.6 Å². The van der Waals surface area contributed by atoms with E-state index in [1.807, 2.05) is 14.0 Å². The molecule has 0 radical (unpaired) electrons. The van der Waals surface area contributed by atoms with Crippen LogP contribution in [0.4, 0.5) is 0 Å². The minimum atomic E-state index is 0.0603. The Kier molecular flexibility index (Phi) is 4.80. The maximum Gasteiger partial charge on any atom is 0.131 e. The highest BCUT2D eigenvalue weighted by molar-refractivity contribution is 6.30. The molecule has 1 fully saturated rings. The fourth-order valence-electron chi connectivity index (χ4n) is 3.14. The second-order valence-electron chi connectivity index (χ2n) is 5.95. The monoisotopic (exact) mass is 303 g/mol. The predicted octanol–water partition coefficient (Wildman–Crippen LogP) is 3.66. The minimum Gasteiger partial charge on any atom is -0.306 e. The molecule has 0 bridgehead atoms. The second kappa shape index (κ2) is 6.02. The molecule has 5 heteroatoms. The van der Waals surface area contributed by atoms with E-state index in [9.17, 15) is 0 Å². The summed E-state index contributed by atoms with van der Waals surface area (Å²) in [6.45, 7) is 5.06. The van der Waals surface area contributed by atoms with Crippen molar-refractivity contribution < 1.29 is 0 Å². The summed E-state index contributed by atoms with van der Waals surface area (Å²) >= 11 is 12.5. The van der Waals surface area contributed by atoms with Gasteiger partial charge >= 0.3 is 0 Å². The fourth-order valence-corrected chi connectivity index (χ4v) is 3.72. The number of nitrogens with zero attached hydrogens (tertiary/aromatic N) is 2. The van der Waals surface area contributed by atoms with Crippen molar-refractivity contribution in [2.75, 3.05) is 5.88 Å². The standard InChI is InChI=1S/C14H23Cl2N3/c1-10-5-4-6-14(7-10,9-15)17-8-12-11(2)18-19(3)13(12)16/h10,17H,4-9H2,1-3H3. The lowest BCUT2D eigenvalue weighted by atomic mass is 9.77. The van der Waals surface area contributed by atoms with Gasteiger partial charge in [0.05, 0.1) is 5.69 Å². The van der Waals surface area contributed by atoms with Crippen molar-refractivity contribution in [3.8, 4) is 0 Å². The summed E-state index contributed by atoms with van der Waals surface area (Å²) in [5, 5.41) is 8.73. The van der Waals surface area contributed by atoms with Gasteiger partial charge in [-0.25, -0.2) is 0 Å². The summed E-state index contributed by atoms with van der Waals surface area (Å²) in [5.74, 6) is 1.40. The first-order valence-corrected chi connectivity index (χ1v) is 7.87. The number of halogens is 2. The van der Waals surface area contributed by atoms with Crippen LogP contribution in [-0.4, -0.2) is 21.2 Å². The van der Waals surface area contributed by atoms with E-state index >= 15 is 0 Å². The van der Waals surface area contributed by atoms with Crippen LogP contribution < -0.4 is 5.32 Å². The molecule has 1 N–H and O–H groups in total. The van der Waals surface area contributed by atoms with Crippen molar-refractivity contribution in [3.63, 3.8) is 0 Å². The van der Waals surface area contributed by atoms with Crippen LogP contribution in [0.3, 0.4) is 0 Å². The predicted molar refractivity (Wildman–Crippen MR) is 80.9 cm³/mol. The highest BCUT2D eigenvalue weighted by Gasteiger charge is 2.34. The Morgan fingerprint density at radius 2 is 2.26 bits per heavy atom. The Morgan fingerprint density at radius 3 is 2.79 bits per heavy atom. The van der Waals surface area contributed by atoms with Crippen molar-refractivity contribution in [3.05, 3.63) is 16.4 Å². The molecule has 1 aromatic heterocycles. The van der Waals surface area contributed by atoms with Gasteiger partial charge in [0.2, 0.25) is 0 Å². The van der Waals surface area contributed by atoms with Crippen molar-refractivity contribution in [2.45, 2.75) is 51.6 Å². The topological polar surface area (TPSA) is 29.9 Å². The van der Waals surface area contributed by atoms with Gasteiger partial charge in [-0.15, -0.1) is 11.6 Å². The fraction of sp³-hybridized carbons (Fsp3) is 0.786. The first kappa shape index (κ1) is 15.1. The van der Waals surface area contributed by atoms with Gasteiger partial charge in [-0.2, -0.15) is 5.10 Å². The number of aromatic nitrogens is 2. The number of aryl methyl sites for hydroxylation is 2. The summed E-state index contributed by atoms with van der Waals surface area (Å²) < 4.78 is 1.73. The van der Waals surface area contributed by atoms with Crippen LogP contribution in [0.25, 0.3) is 0 Å². The molecule has 19 heavy (non-hydrogen) atoms. The third-order valence-electron chi connectivity index (χ3n) is 4.26. The van der Waals surface area contributed by atoms with Crippen LogP contribution in [0.15, 0.2) is 0 Å². The molecule has 1 aromatic rings. The number of nitrogens with one attached hydrogen (secondary N) is 1. The van der Waals surface area contributed by atoms with Crippen LogP contribution in [0.2, 0.25) is 5.15 Å². The Morgan fingerprint density at radius 1 is 1.53 bits per heavy atom. The van der Waals surface area contributed by atoms with E-state index in [2.05, 4.69) is 17.3 Å². The molecule has 2 atom stereocenters. The van der Waals surface area contributed by atoms with Crippen LogP contribution in [0.1, 0.15) is 43.9 Å². The zero-order valence-electron chi connectivity index (χ0n) is 12.0. The number of hydrogen-bond donors (Lipinski definition) is 1. The van der Waals surface area contributed by atoms with Gasteiger partial charge in [-0.3, -0.25) is 4.68 Å². The number of hydrogen-bond acceptors (Lipinski definition) is 2.